The standard InChI is InChI=1S/C16H7Cl2F3N4/c17-12-5-11(16(19,20)21)6-13(18)15(12)25-24-14(8-23)10-3-1-9(7-22)2-4-10/h1-6,25H. The highest BCUT2D eigenvalue weighted by Crippen LogP contribution is 2.38. The van der Waals surface area contributed by atoms with Crippen LogP contribution in [0.4, 0.5) is 18.9 Å². The Morgan fingerprint density at radius 2 is 1.60 bits per heavy atom. The van der Waals surface area contributed by atoms with Crippen molar-refractivity contribution in [3.05, 3.63) is 63.1 Å². The molecule has 0 fully saturated rings. The molecule has 0 saturated carbocycles. The zero-order valence-corrected chi connectivity index (χ0v) is 13.7. The number of rotatable bonds is 3. The summed E-state index contributed by atoms with van der Waals surface area (Å²) >= 11 is 11.6. The summed E-state index contributed by atoms with van der Waals surface area (Å²) < 4.78 is 38.1. The van der Waals surface area contributed by atoms with Gasteiger partial charge in [-0.25, -0.2) is 0 Å². The molecule has 0 aliphatic carbocycles. The molecule has 126 valence electrons. The first kappa shape index (κ1) is 18.6. The van der Waals surface area contributed by atoms with Crippen molar-refractivity contribution in [3.8, 4) is 12.1 Å². The van der Waals surface area contributed by atoms with Gasteiger partial charge in [0.1, 0.15) is 6.07 Å². The zero-order chi connectivity index (χ0) is 18.6. The summed E-state index contributed by atoms with van der Waals surface area (Å²) in [4.78, 5) is 0. The largest absolute Gasteiger partial charge is 0.416 e. The molecule has 2 rings (SSSR count). The number of nitrogens with one attached hydrogen (secondary N) is 1. The molecule has 0 aliphatic rings. The lowest BCUT2D eigenvalue weighted by Gasteiger charge is -2.12. The van der Waals surface area contributed by atoms with Crippen molar-refractivity contribution in [1.82, 2.24) is 0 Å². The van der Waals surface area contributed by atoms with Crippen molar-refractivity contribution in [3.63, 3.8) is 0 Å². The van der Waals surface area contributed by atoms with E-state index in [1.165, 1.54) is 24.3 Å². The van der Waals surface area contributed by atoms with Crippen LogP contribution in [0.1, 0.15) is 16.7 Å². The number of nitrogens with zero attached hydrogens (tertiary/aromatic N) is 3. The van der Waals surface area contributed by atoms with Gasteiger partial charge in [0.2, 0.25) is 0 Å². The molecule has 2 aromatic carbocycles. The van der Waals surface area contributed by atoms with Crippen LogP contribution in [-0.4, -0.2) is 5.71 Å². The summed E-state index contributed by atoms with van der Waals surface area (Å²) in [6.07, 6.45) is -4.59. The van der Waals surface area contributed by atoms with E-state index in [-0.39, 0.29) is 21.4 Å². The number of anilines is 1. The third-order valence-corrected chi connectivity index (χ3v) is 3.64. The first-order valence-electron chi connectivity index (χ1n) is 6.57. The lowest BCUT2D eigenvalue weighted by atomic mass is 10.1. The van der Waals surface area contributed by atoms with Crippen LogP contribution in [0.25, 0.3) is 0 Å². The van der Waals surface area contributed by atoms with Crippen molar-refractivity contribution in [2.75, 3.05) is 5.43 Å². The average Bonchev–Trinajstić information content (AvgIpc) is 2.56. The second kappa shape index (κ2) is 7.43. The SMILES string of the molecule is N#CC(=NNc1c(Cl)cc(C(F)(F)F)cc1Cl)c1ccc(C#N)cc1. The second-order valence-corrected chi connectivity index (χ2v) is 5.50. The van der Waals surface area contributed by atoms with Gasteiger partial charge in [-0.15, -0.1) is 0 Å². The summed E-state index contributed by atoms with van der Waals surface area (Å²) in [5.74, 6) is 0. The van der Waals surface area contributed by atoms with Crippen molar-refractivity contribution in [2.24, 2.45) is 5.10 Å². The van der Waals surface area contributed by atoms with E-state index in [1.807, 2.05) is 12.1 Å². The molecule has 0 heterocycles. The van der Waals surface area contributed by atoms with Crippen LogP contribution in [0.5, 0.6) is 0 Å². The van der Waals surface area contributed by atoms with Crippen LogP contribution in [-0.2, 0) is 6.18 Å². The lowest BCUT2D eigenvalue weighted by Crippen LogP contribution is -2.06. The van der Waals surface area contributed by atoms with Crippen molar-refractivity contribution in [1.29, 1.82) is 10.5 Å². The van der Waals surface area contributed by atoms with Gasteiger partial charge in [-0.05, 0) is 24.3 Å². The molecule has 0 saturated heterocycles. The predicted molar refractivity (Wildman–Crippen MR) is 88.4 cm³/mol. The maximum absolute atomic E-state index is 12.7. The number of halogens is 5. The van der Waals surface area contributed by atoms with Gasteiger partial charge in [-0.2, -0.15) is 28.8 Å². The van der Waals surface area contributed by atoms with E-state index in [9.17, 15) is 18.4 Å². The molecule has 9 heteroatoms. The number of nitriles is 2. The molecule has 2 aromatic rings. The highest BCUT2D eigenvalue weighted by Gasteiger charge is 2.32. The monoisotopic (exact) mass is 382 g/mol. The fourth-order valence-corrected chi connectivity index (χ4v) is 2.38. The summed E-state index contributed by atoms with van der Waals surface area (Å²) in [7, 11) is 0. The minimum atomic E-state index is -4.59. The van der Waals surface area contributed by atoms with E-state index in [4.69, 9.17) is 28.5 Å². The molecule has 1 N–H and O–H groups in total. The zero-order valence-electron chi connectivity index (χ0n) is 12.2. The molecule has 0 aromatic heterocycles. The quantitative estimate of drug-likeness (QED) is 0.583. The van der Waals surface area contributed by atoms with E-state index in [2.05, 4.69) is 10.5 Å². The number of benzene rings is 2. The van der Waals surface area contributed by atoms with Gasteiger partial charge < -0.3 is 0 Å². The third kappa shape index (κ3) is 4.42. The molecular formula is C16H7Cl2F3N4. The Balaban J connectivity index is 2.33. The van der Waals surface area contributed by atoms with Gasteiger partial charge in [-0.3, -0.25) is 5.43 Å². The summed E-state index contributed by atoms with van der Waals surface area (Å²) in [5, 5.41) is 21.2. The number of hydrogen-bond acceptors (Lipinski definition) is 4. The van der Waals surface area contributed by atoms with Crippen molar-refractivity contribution >= 4 is 34.6 Å². The van der Waals surface area contributed by atoms with Gasteiger partial charge >= 0.3 is 6.18 Å². The first-order valence-corrected chi connectivity index (χ1v) is 7.32. The van der Waals surface area contributed by atoms with Gasteiger partial charge in [0, 0.05) is 5.56 Å². The second-order valence-electron chi connectivity index (χ2n) is 4.69. The molecule has 25 heavy (non-hydrogen) atoms. The Bertz CT molecular complexity index is 884. The van der Waals surface area contributed by atoms with Gasteiger partial charge in [0.25, 0.3) is 0 Å². The van der Waals surface area contributed by atoms with Gasteiger partial charge in [-0.1, -0.05) is 35.3 Å². The van der Waals surface area contributed by atoms with Crippen LogP contribution < -0.4 is 5.43 Å². The summed E-state index contributed by atoms with van der Waals surface area (Å²) in [6.45, 7) is 0. The number of alkyl halides is 3. The van der Waals surface area contributed by atoms with E-state index in [0.717, 1.165) is 0 Å². The predicted octanol–water partition coefficient (Wildman–Crippen LogP) is 5.22. The molecule has 0 spiro atoms. The molecule has 0 unspecified atom stereocenters. The van der Waals surface area contributed by atoms with E-state index >= 15 is 0 Å². The van der Waals surface area contributed by atoms with Crippen LogP contribution in [0, 0.1) is 22.7 Å². The summed E-state index contributed by atoms with van der Waals surface area (Å²) in [6, 6.07) is 11.2. The van der Waals surface area contributed by atoms with Gasteiger partial charge in [0.05, 0.1) is 32.9 Å². The minimum absolute atomic E-state index is 0.0577. The van der Waals surface area contributed by atoms with Crippen molar-refractivity contribution < 1.29 is 13.2 Å². The van der Waals surface area contributed by atoms with E-state index in [1.54, 1.807) is 0 Å². The molecule has 4 nitrogen and oxygen atoms in total. The lowest BCUT2D eigenvalue weighted by molar-refractivity contribution is -0.137. The Morgan fingerprint density at radius 3 is 2.04 bits per heavy atom. The third-order valence-electron chi connectivity index (χ3n) is 3.04. The molecule has 0 atom stereocenters. The van der Waals surface area contributed by atoms with E-state index < -0.39 is 11.7 Å². The topological polar surface area (TPSA) is 72.0 Å². The van der Waals surface area contributed by atoms with Crippen LogP contribution in [0.15, 0.2) is 41.5 Å². The van der Waals surface area contributed by atoms with Crippen LogP contribution in [0.3, 0.4) is 0 Å². The first-order chi connectivity index (χ1) is 11.8. The molecule has 0 radical (unpaired) electrons. The molecule has 0 aliphatic heterocycles. The van der Waals surface area contributed by atoms with Crippen LogP contribution >= 0.6 is 23.2 Å². The maximum atomic E-state index is 12.7. The summed E-state index contributed by atoms with van der Waals surface area (Å²) in [5.41, 5.74) is 2.11. The molecule has 0 bridgehead atoms. The Hall–Kier alpha value is -2.74. The molecule has 0 amide bonds. The van der Waals surface area contributed by atoms with Gasteiger partial charge in [0.15, 0.2) is 5.71 Å². The van der Waals surface area contributed by atoms with Crippen molar-refractivity contribution in [2.45, 2.75) is 6.18 Å². The minimum Gasteiger partial charge on any atom is -0.274 e. The maximum Gasteiger partial charge on any atom is 0.416 e. The highest BCUT2D eigenvalue weighted by atomic mass is 35.5. The Kier molecular flexibility index (Phi) is 5.53. The van der Waals surface area contributed by atoms with Crippen LogP contribution in [0.2, 0.25) is 10.0 Å². The average molecular weight is 383 g/mol. The Labute approximate surface area is 150 Å². The fraction of sp³-hybridized carbons (Fsp3) is 0.0625. The fourth-order valence-electron chi connectivity index (χ4n) is 1.81. The smallest absolute Gasteiger partial charge is 0.274 e. The molecular weight excluding hydrogens is 376 g/mol. The highest BCUT2D eigenvalue weighted by molar-refractivity contribution is 6.39. The van der Waals surface area contributed by atoms with E-state index in [0.29, 0.717) is 23.3 Å². The normalized spacial score (nSPS) is 11.6. The Morgan fingerprint density at radius 1 is 1.04 bits per heavy atom. The number of hydrogen-bond donors (Lipinski definition) is 1. The number of hydrazone groups is 1.